The quantitative estimate of drug-likeness (QED) is 0.154. The van der Waals surface area contributed by atoms with Crippen LogP contribution in [0.3, 0.4) is 0 Å². The predicted octanol–water partition coefficient (Wildman–Crippen LogP) is 6.37. The van der Waals surface area contributed by atoms with E-state index in [4.69, 9.17) is 10.8 Å². The molecule has 1 fully saturated rings. The average molecular weight is 596 g/mol. The molecule has 4 N–H and O–H groups in total. The Morgan fingerprint density at radius 1 is 1.16 bits per heavy atom. The Hall–Kier alpha value is -4.67. The van der Waals surface area contributed by atoms with E-state index in [1.165, 1.54) is 17.7 Å². The summed E-state index contributed by atoms with van der Waals surface area (Å²) in [4.78, 5) is 25.6. The lowest BCUT2D eigenvalue weighted by molar-refractivity contribution is 0.0955. The van der Waals surface area contributed by atoms with Crippen molar-refractivity contribution in [2.24, 2.45) is 4.99 Å². The number of aliphatic hydroxyl groups excluding tert-OH is 1. The molecule has 1 aliphatic carbocycles. The number of nitrogens with two attached hydrogens (primary N) is 1. The van der Waals surface area contributed by atoms with E-state index >= 15 is 0 Å². The minimum absolute atomic E-state index is 0.0799. The number of aliphatic imine (C=N–C) groups is 1. The number of fused-ring (bicyclic) bond motifs is 2. The predicted molar refractivity (Wildman–Crippen MR) is 178 cm³/mol. The van der Waals surface area contributed by atoms with E-state index < -0.39 is 0 Å². The van der Waals surface area contributed by atoms with Crippen molar-refractivity contribution < 1.29 is 9.90 Å². The van der Waals surface area contributed by atoms with Gasteiger partial charge in [0.25, 0.3) is 5.91 Å². The highest BCUT2D eigenvalue weighted by Gasteiger charge is 2.28. The number of hydrogen-bond acceptors (Lipinski definition) is 8. The Morgan fingerprint density at radius 3 is 2.51 bits per heavy atom. The molecule has 1 amide bonds. The third kappa shape index (κ3) is 7.59. The maximum Gasteiger partial charge on any atom is 0.261 e. The van der Waals surface area contributed by atoms with E-state index in [1.807, 2.05) is 66.2 Å². The first kappa shape index (κ1) is 31.3. The normalized spacial score (nSPS) is 15.9. The van der Waals surface area contributed by atoms with Gasteiger partial charge in [-0.05, 0) is 55.5 Å². The Kier molecular flexibility index (Phi) is 10.9. The molecule has 2 unspecified atom stereocenters. The Labute approximate surface area is 255 Å². The van der Waals surface area contributed by atoms with Gasteiger partial charge >= 0.3 is 0 Å². The van der Waals surface area contributed by atoms with Gasteiger partial charge in [0.05, 0.1) is 22.4 Å². The lowest BCUT2D eigenvalue weighted by atomic mass is 10.1. The number of benzene rings is 2. The molecule has 0 saturated heterocycles. The molecule has 9 nitrogen and oxygen atoms in total. The number of carbonyl (C=O) groups excluding carboxylic acids is 1. The number of amides is 1. The largest absolute Gasteiger partial charge is 0.393 e. The zero-order chi connectivity index (χ0) is 30.8. The molecule has 0 aliphatic heterocycles. The third-order valence-corrected chi connectivity index (χ3v) is 8.11. The second-order valence-corrected chi connectivity index (χ2v) is 11.0. The van der Waals surface area contributed by atoms with Gasteiger partial charge in [0.15, 0.2) is 5.65 Å². The number of anilines is 1. The highest BCUT2D eigenvalue weighted by Crippen LogP contribution is 2.36. The van der Waals surface area contributed by atoms with Crippen molar-refractivity contribution in [2.75, 3.05) is 12.8 Å². The average Bonchev–Trinajstić information content (AvgIpc) is 3.77. The maximum absolute atomic E-state index is 12.7. The standard InChI is InChI=1S/C26H24N6O2S.C4H6.C3H7N/c27-24-22-23(31-32(25(22)30-14-29-24)18-9-10-19(33)12-18)16-7-5-15(6-8-16)13-28-26(34)21-11-17-3-1-2-4-20(17)35-21;2*1-3-4-2/h1-8,11,14,18-19,33H,9-10,12-13H2,(H,28,34)(H2,27,29,30);3-4H,1-2H2;3H,1-2H3. The summed E-state index contributed by atoms with van der Waals surface area (Å²) in [6.07, 6.45) is 8.42. The van der Waals surface area contributed by atoms with Crippen molar-refractivity contribution in [3.8, 4) is 11.3 Å². The van der Waals surface area contributed by atoms with Crippen molar-refractivity contribution in [3.63, 3.8) is 0 Å². The molecule has 3 heterocycles. The number of rotatable bonds is 6. The summed E-state index contributed by atoms with van der Waals surface area (Å²) in [6.45, 7) is 9.04. The molecular formula is C33H37N7O2S. The van der Waals surface area contributed by atoms with Crippen molar-refractivity contribution >= 4 is 50.4 Å². The fourth-order valence-corrected chi connectivity index (χ4v) is 5.73. The fourth-order valence-electron chi connectivity index (χ4n) is 4.75. The summed E-state index contributed by atoms with van der Waals surface area (Å²) in [5, 5.41) is 19.7. The van der Waals surface area contributed by atoms with Crippen molar-refractivity contribution in [1.82, 2.24) is 25.1 Å². The fraction of sp³-hybridized carbons (Fsp3) is 0.242. The van der Waals surface area contributed by atoms with Crippen molar-refractivity contribution in [2.45, 2.75) is 44.9 Å². The Balaban J connectivity index is 0.000000474. The Bertz CT molecular complexity index is 1680. The molecular weight excluding hydrogens is 558 g/mol. The van der Waals surface area contributed by atoms with Crippen LogP contribution in [-0.4, -0.2) is 50.1 Å². The van der Waals surface area contributed by atoms with Crippen LogP contribution < -0.4 is 11.1 Å². The number of carbonyl (C=O) groups is 1. The third-order valence-electron chi connectivity index (χ3n) is 7.00. The van der Waals surface area contributed by atoms with E-state index in [2.05, 4.69) is 33.4 Å². The lowest BCUT2D eigenvalue weighted by Crippen LogP contribution is -2.21. The molecule has 6 rings (SSSR count). The second-order valence-electron chi connectivity index (χ2n) is 9.89. The van der Waals surface area contributed by atoms with Crippen LogP contribution in [0.2, 0.25) is 0 Å². The number of thiophene rings is 1. The summed E-state index contributed by atoms with van der Waals surface area (Å²) in [6, 6.07) is 17.9. The van der Waals surface area contributed by atoms with Crippen molar-refractivity contribution in [3.05, 3.63) is 96.7 Å². The molecule has 2 atom stereocenters. The van der Waals surface area contributed by atoms with Crippen LogP contribution in [0.15, 0.2) is 91.2 Å². The van der Waals surface area contributed by atoms with Gasteiger partial charge in [0.1, 0.15) is 17.8 Å². The van der Waals surface area contributed by atoms with Crippen LogP contribution in [0, 0.1) is 0 Å². The molecule has 0 spiro atoms. The van der Waals surface area contributed by atoms with E-state index in [0.29, 0.717) is 29.3 Å². The number of aromatic nitrogens is 4. The molecule has 3 aromatic heterocycles. The van der Waals surface area contributed by atoms with E-state index in [-0.39, 0.29) is 18.1 Å². The van der Waals surface area contributed by atoms with Gasteiger partial charge in [-0.15, -0.1) is 11.3 Å². The van der Waals surface area contributed by atoms with E-state index in [1.54, 1.807) is 25.4 Å². The van der Waals surface area contributed by atoms with Gasteiger partial charge in [0.2, 0.25) is 0 Å². The first-order chi connectivity index (χ1) is 20.9. The van der Waals surface area contributed by atoms with E-state index in [9.17, 15) is 9.90 Å². The van der Waals surface area contributed by atoms with Crippen molar-refractivity contribution in [1.29, 1.82) is 0 Å². The number of aliphatic hydroxyl groups is 1. The molecule has 1 saturated carbocycles. The van der Waals surface area contributed by atoms with E-state index in [0.717, 1.165) is 45.1 Å². The monoisotopic (exact) mass is 595 g/mol. The van der Waals surface area contributed by atoms with Gasteiger partial charge in [-0.25, -0.2) is 14.6 Å². The highest BCUT2D eigenvalue weighted by molar-refractivity contribution is 7.20. The molecule has 0 radical (unpaired) electrons. The number of hydrogen-bond donors (Lipinski definition) is 3. The topological polar surface area (TPSA) is 131 Å². The maximum atomic E-state index is 12.7. The summed E-state index contributed by atoms with van der Waals surface area (Å²) in [5.74, 6) is 0.304. The first-order valence-electron chi connectivity index (χ1n) is 14.0. The van der Waals surface area contributed by atoms with Crippen LogP contribution >= 0.6 is 11.3 Å². The smallest absolute Gasteiger partial charge is 0.261 e. The minimum atomic E-state index is -0.316. The number of nitrogens with one attached hydrogen (secondary N) is 1. The SMILES string of the molecule is C=CC=C.CC=NC.Nc1ncnc2c1c(-c1ccc(CNC(=O)c3cc4ccccc4s3)cc1)nn2C1CCC(O)C1. The summed E-state index contributed by atoms with van der Waals surface area (Å²) >= 11 is 1.49. The van der Waals surface area contributed by atoms with Crippen LogP contribution in [-0.2, 0) is 6.54 Å². The summed E-state index contributed by atoms with van der Waals surface area (Å²) < 4.78 is 2.99. The molecule has 5 aromatic rings. The minimum Gasteiger partial charge on any atom is -0.393 e. The number of nitrogens with zero attached hydrogens (tertiary/aromatic N) is 5. The molecule has 2 aromatic carbocycles. The van der Waals surface area contributed by atoms with Gasteiger partial charge in [0, 0.05) is 23.9 Å². The van der Waals surface area contributed by atoms with Gasteiger partial charge < -0.3 is 21.1 Å². The highest BCUT2D eigenvalue weighted by atomic mass is 32.1. The molecule has 10 heteroatoms. The number of allylic oxidation sites excluding steroid dienone is 2. The van der Waals surface area contributed by atoms with Gasteiger partial charge in [-0.1, -0.05) is 67.8 Å². The Morgan fingerprint density at radius 2 is 1.88 bits per heavy atom. The second kappa shape index (κ2) is 15.0. The van der Waals surface area contributed by atoms with Crippen LogP contribution in [0.25, 0.3) is 32.4 Å². The lowest BCUT2D eigenvalue weighted by Gasteiger charge is -2.10. The van der Waals surface area contributed by atoms with Crippen LogP contribution in [0.1, 0.15) is 47.5 Å². The van der Waals surface area contributed by atoms with Crippen LogP contribution in [0.4, 0.5) is 5.82 Å². The summed E-state index contributed by atoms with van der Waals surface area (Å²) in [7, 11) is 1.75. The zero-order valence-corrected chi connectivity index (χ0v) is 25.3. The first-order valence-corrected chi connectivity index (χ1v) is 14.8. The molecule has 222 valence electrons. The van der Waals surface area contributed by atoms with Gasteiger partial charge in [-0.2, -0.15) is 5.10 Å². The van der Waals surface area contributed by atoms with Crippen LogP contribution in [0.5, 0.6) is 0 Å². The van der Waals surface area contributed by atoms with Gasteiger partial charge in [-0.3, -0.25) is 4.79 Å². The molecule has 1 aliphatic rings. The number of nitrogen functional groups attached to an aromatic ring is 1. The molecule has 0 bridgehead atoms. The summed E-state index contributed by atoms with van der Waals surface area (Å²) in [5.41, 5.74) is 9.51. The molecule has 43 heavy (non-hydrogen) atoms. The zero-order valence-electron chi connectivity index (χ0n) is 24.5.